The maximum absolute atomic E-state index is 5.52. The zero-order chi connectivity index (χ0) is 15.8. The number of rotatable bonds is 8. The Labute approximate surface area is 152 Å². The lowest BCUT2D eigenvalue weighted by molar-refractivity contribution is 0.338. The van der Waals surface area contributed by atoms with E-state index in [9.17, 15) is 0 Å². The number of nitrogens with one attached hydrogen (secondary N) is 1. The van der Waals surface area contributed by atoms with Crippen molar-refractivity contribution in [1.29, 1.82) is 0 Å². The highest BCUT2D eigenvalue weighted by Gasteiger charge is 2.03. The zero-order valence-corrected chi connectivity index (χ0v) is 15.9. The Balaban J connectivity index is 0.00000264. The normalized spacial score (nSPS) is 10.0. The number of hydrogen-bond donors (Lipinski definition) is 1. The van der Waals surface area contributed by atoms with Gasteiger partial charge in [-0.15, -0.1) is 12.4 Å². The van der Waals surface area contributed by atoms with Crippen LogP contribution in [-0.2, 0) is 13.0 Å². The molecule has 0 aliphatic carbocycles. The molecule has 0 unspecified atom stereocenters. The number of halogens is 2. The summed E-state index contributed by atoms with van der Waals surface area (Å²) in [5.41, 5.74) is 2.46. The van der Waals surface area contributed by atoms with Crippen LogP contribution in [0.1, 0.15) is 18.1 Å². The summed E-state index contributed by atoms with van der Waals surface area (Å²) in [5, 5.41) is 3.46. The van der Waals surface area contributed by atoms with Gasteiger partial charge in [0.1, 0.15) is 11.5 Å². The number of benzene rings is 2. The Morgan fingerprint density at radius 3 is 2.57 bits per heavy atom. The second kappa shape index (κ2) is 10.5. The third kappa shape index (κ3) is 6.05. The third-order valence-corrected chi connectivity index (χ3v) is 4.01. The van der Waals surface area contributed by atoms with Gasteiger partial charge in [-0.25, -0.2) is 0 Å². The van der Waals surface area contributed by atoms with E-state index in [0.29, 0.717) is 6.61 Å². The van der Waals surface area contributed by atoms with Crippen molar-refractivity contribution < 1.29 is 9.47 Å². The molecule has 2 rings (SSSR count). The maximum Gasteiger partial charge on any atom is 0.133 e. The second-order valence-corrected chi connectivity index (χ2v) is 5.79. The van der Waals surface area contributed by atoms with Crippen LogP contribution in [-0.4, -0.2) is 20.3 Å². The van der Waals surface area contributed by atoms with Gasteiger partial charge >= 0.3 is 0 Å². The molecule has 0 bridgehead atoms. The van der Waals surface area contributed by atoms with E-state index in [2.05, 4.69) is 39.4 Å². The van der Waals surface area contributed by atoms with Crippen molar-refractivity contribution in [3.8, 4) is 11.5 Å². The fourth-order valence-electron chi connectivity index (χ4n) is 2.29. The SMILES string of the molecule is CCOc1ccc(CNCCc2ccccc2OC)cc1Br.Cl. The summed E-state index contributed by atoms with van der Waals surface area (Å²) >= 11 is 3.54. The molecule has 0 saturated heterocycles. The molecule has 2 aromatic carbocycles. The van der Waals surface area contributed by atoms with Crippen LogP contribution in [0.5, 0.6) is 11.5 Å². The summed E-state index contributed by atoms with van der Waals surface area (Å²) < 4.78 is 11.9. The largest absolute Gasteiger partial charge is 0.496 e. The van der Waals surface area contributed by atoms with E-state index in [0.717, 1.165) is 35.5 Å². The predicted molar refractivity (Wildman–Crippen MR) is 101 cm³/mol. The molecule has 126 valence electrons. The van der Waals surface area contributed by atoms with Crippen LogP contribution in [0.2, 0.25) is 0 Å². The van der Waals surface area contributed by atoms with Crippen LogP contribution in [0.4, 0.5) is 0 Å². The molecule has 0 saturated carbocycles. The van der Waals surface area contributed by atoms with Crippen molar-refractivity contribution in [2.75, 3.05) is 20.3 Å². The highest BCUT2D eigenvalue weighted by Crippen LogP contribution is 2.26. The minimum absolute atomic E-state index is 0. The average Bonchev–Trinajstić information content (AvgIpc) is 2.54. The monoisotopic (exact) mass is 399 g/mol. The first-order chi connectivity index (χ1) is 10.7. The van der Waals surface area contributed by atoms with Gasteiger partial charge in [0, 0.05) is 6.54 Å². The predicted octanol–water partition coefficient (Wildman–Crippen LogP) is 4.61. The Hall–Kier alpha value is -1.23. The second-order valence-electron chi connectivity index (χ2n) is 4.94. The first-order valence-corrected chi connectivity index (χ1v) is 8.27. The molecule has 1 N–H and O–H groups in total. The summed E-state index contributed by atoms with van der Waals surface area (Å²) in [4.78, 5) is 0. The van der Waals surface area contributed by atoms with Crippen LogP contribution in [0.3, 0.4) is 0 Å². The van der Waals surface area contributed by atoms with E-state index in [1.54, 1.807) is 7.11 Å². The van der Waals surface area contributed by atoms with Gasteiger partial charge in [-0.2, -0.15) is 0 Å². The molecule has 0 spiro atoms. The van der Waals surface area contributed by atoms with Crippen LogP contribution in [0, 0.1) is 0 Å². The highest BCUT2D eigenvalue weighted by atomic mass is 79.9. The van der Waals surface area contributed by atoms with Crippen LogP contribution < -0.4 is 14.8 Å². The van der Waals surface area contributed by atoms with Gasteiger partial charge in [-0.3, -0.25) is 0 Å². The quantitative estimate of drug-likeness (QED) is 0.656. The fourth-order valence-corrected chi connectivity index (χ4v) is 2.83. The lowest BCUT2D eigenvalue weighted by atomic mass is 10.1. The van der Waals surface area contributed by atoms with Gasteiger partial charge in [0.05, 0.1) is 18.2 Å². The van der Waals surface area contributed by atoms with Crippen LogP contribution in [0.15, 0.2) is 46.9 Å². The molecule has 0 heterocycles. The van der Waals surface area contributed by atoms with E-state index in [1.165, 1.54) is 11.1 Å². The molecule has 2 aromatic rings. The molecule has 3 nitrogen and oxygen atoms in total. The molecule has 23 heavy (non-hydrogen) atoms. The molecule has 0 aromatic heterocycles. The molecular weight excluding hydrogens is 378 g/mol. The van der Waals surface area contributed by atoms with Crippen molar-refractivity contribution in [1.82, 2.24) is 5.32 Å². The third-order valence-electron chi connectivity index (χ3n) is 3.39. The van der Waals surface area contributed by atoms with Crippen molar-refractivity contribution in [2.45, 2.75) is 19.9 Å². The van der Waals surface area contributed by atoms with Crippen LogP contribution >= 0.6 is 28.3 Å². The Morgan fingerprint density at radius 2 is 1.87 bits per heavy atom. The number of hydrogen-bond acceptors (Lipinski definition) is 3. The Bertz CT molecular complexity index is 607. The molecule has 0 radical (unpaired) electrons. The molecule has 0 amide bonds. The lowest BCUT2D eigenvalue weighted by Crippen LogP contribution is -2.17. The van der Waals surface area contributed by atoms with E-state index < -0.39 is 0 Å². The van der Waals surface area contributed by atoms with Gasteiger partial charge in [-0.05, 0) is 65.1 Å². The minimum Gasteiger partial charge on any atom is -0.496 e. The average molecular weight is 401 g/mol. The molecule has 0 fully saturated rings. The van der Waals surface area contributed by atoms with E-state index in [4.69, 9.17) is 9.47 Å². The van der Waals surface area contributed by atoms with Gasteiger partial charge in [0.15, 0.2) is 0 Å². The molecule has 0 atom stereocenters. The van der Waals surface area contributed by atoms with Gasteiger partial charge in [-0.1, -0.05) is 24.3 Å². The highest BCUT2D eigenvalue weighted by molar-refractivity contribution is 9.10. The van der Waals surface area contributed by atoms with E-state index in [-0.39, 0.29) is 12.4 Å². The molecule has 5 heteroatoms. The molecular formula is C18H23BrClNO2. The van der Waals surface area contributed by atoms with E-state index in [1.807, 2.05) is 31.2 Å². The van der Waals surface area contributed by atoms with Gasteiger partial charge < -0.3 is 14.8 Å². The topological polar surface area (TPSA) is 30.5 Å². The minimum atomic E-state index is 0. The standard InChI is InChI=1S/C18H22BrNO2.ClH/c1-3-22-18-9-8-14(12-16(18)19)13-20-11-10-15-6-4-5-7-17(15)21-2;/h4-9,12,20H,3,10-11,13H2,1-2H3;1H. The fraction of sp³-hybridized carbons (Fsp3) is 0.333. The zero-order valence-electron chi connectivity index (χ0n) is 13.5. The first-order valence-electron chi connectivity index (χ1n) is 7.48. The maximum atomic E-state index is 5.52. The summed E-state index contributed by atoms with van der Waals surface area (Å²) in [6, 6.07) is 14.3. The van der Waals surface area contributed by atoms with E-state index >= 15 is 0 Å². The summed E-state index contributed by atoms with van der Waals surface area (Å²) in [5.74, 6) is 1.84. The van der Waals surface area contributed by atoms with Crippen molar-refractivity contribution in [3.05, 3.63) is 58.1 Å². The van der Waals surface area contributed by atoms with Crippen LogP contribution in [0.25, 0.3) is 0 Å². The van der Waals surface area contributed by atoms with Crippen molar-refractivity contribution in [2.24, 2.45) is 0 Å². The van der Waals surface area contributed by atoms with Gasteiger partial charge in [0.2, 0.25) is 0 Å². The number of para-hydroxylation sites is 1. The first kappa shape index (κ1) is 19.8. The van der Waals surface area contributed by atoms with Crippen molar-refractivity contribution >= 4 is 28.3 Å². The smallest absolute Gasteiger partial charge is 0.133 e. The summed E-state index contributed by atoms with van der Waals surface area (Å²) in [7, 11) is 1.71. The lowest BCUT2D eigenvalue weighted by Gasteiger charge is -2.10. The summed E-state index contributed by atoms with van der Waals surface area (Å²) in [6.45, 7) is 4.40. The molecule has 0 aliphatic rings. The number of ether oxygens (including phenoxy) is 2. The summed E-state index contributed by atoms with van der Waals surface area (Å²) in [6.07, 6.45) is 0.947. The number of methoxy groups -OCH3 is 1. The Morgan fingerprint density at radius 1 is 1.09 bits per heavy atom. The van der Waals surface area contributed by atoms with Crippen molar-refractivity contribution in [3.63, 3.8) is 0 Å². The Kier molecular flexibility index (Phi) is 9.07. The molecule has 0 aliphatic heterocycles. The van der Waals surface area contributed by atoms with Gasteiger partial charge in [0.25, 0.3) is 0 Å².